The van der Waals surface area contributed by atoms with Crippen molar-refractivity contribution in [2.45, 2.75) is 13.1 Å². The van der Waals surface area contributed by atoms with E-state index < -0.39 is 0 Å². The molecule has 0 spiro atoms. The molecule has 0 fully saturated rings. The third-order valence-electron chi connectivity index (χ3n) is 3.38. The Morgan fingerprint density at radius 2 is 2.05 bits per heavy atom. The molecule has 2 aromatic rings. The van der Waals surface area contributed by atoms with Crippen LogP contribution in [0.2, 0.25) is 5.02 Å². The Kier molecular flexibility index (Phi) is 3.10. The van der Waals surface area contributed by atoms with E-state index in [1.54, 1.807) is 17.0 Å². The summed E-state index contributed by atoms with van der Waals surface area (Å²) in [6.07, 6.45) is 0. The first kappa shape index (κ1) is 12.9. The monoisotopic (exact) mass is 290 g/mol. The second-order valence-electron chi connectivity index (χ2n) is 4.81. The molecule has 0 atom stereocenters. The van der Waals surface area contributed by atoms with Crippen molar-refractivity contribution in [3.05, 3.63) is 63.9 Å². The Morgan fingerprint density at radius 3 is 2.85 bits per heavy atom. The molecule has 5 heteroatoms. The molecule has 1 aliphatic heterocycles. The molecular weight excluding hydrogens is 279 g/mol. The maximum Gasteiger partial charge on any atom is 0.254 e. The highest BCUT2D eigenvalue weighted by Crippen LogP contribution is 2.28. The number of nitrogens with zero attached hydrogens (tertiary/aromatic N) is 1. The summed E-state index contributed by atoms with van der Waals surface area (Å²) in [6.45, 7) is 0.769. The molecule has 1 heterocycles. The quantitative estimate of drug-likeness (QED) is 0.863. The van der Waals surface area contributed by atoms with Crippen LogP contribution < -0.4 is 5.73 Å². The fourth-order valence-corrected chi connectivity index (χ4v) is 2.55. The number of halogens is 2. The van der Waals surface area contributed by atoms with Crippen LogP contribution >= 0.6 is 11.6 Å². The van der Waals surface area contributed by atoms with Crippen molar-refractivity contribution in [1.82, 2.24) is 4.90 Å². The van der Waals surface area contributed by atoms with Crippen molar-refractivity contribution in [3.8, 4) is 0 Å². The molecule has 0 radical (unpaired) electrons. The van der Waals surface area contributed by atoms with E-state index in [0.717, 1.165) is 5.56 Å². The van der Waals surface area contributed by atoms with Gasteiger partial charge in [0.25, 0.3) is 5.91 Å². The molecule has 0 bridgehead atoms. The van der Waals surface area contributed by atoms with E-state index in [9.17, 15) is 9.18 Å². The van der Waals surface area contributed by atoms with Gasteiger partial charge in [-0.05, 0) is 41.5 Å². The molecule has 2 aromatic carbocycles. The molecule has 2 N–H and O–H groups in total. The Balaban J connectivity index is 1.88. The van der Waals surface area contributed by atoms with E-state index in [4.69, 9.17) is 17.3 Å². The zero-order valence-electron chi connectivity index (χ0n) is 10.6. The van der Waals surface area contributed by atoms with Gasteiger partial charge >= 0.3 is 0 Å². The van der Waals surface area contributed by atoms with Crippen LogP contribution in [0.4, 0.5) is 10.1 Å². The molecule has 20 heavy (non-hydrogen) atoms. The molecule has 0 saturated carbocycles. The summed E-state index contributed by atoms with van der Waals surface area (Å²) < 4.78 is 13.3. The lowest BCUT2D eigenvalue weighted by molar-refractivity contribution is 0.0766. The van der Waals surface area contributed by atoms with Gasteiger partial charge < -0.3 is 10.6 Å². The van der Waals surface area contributed by atoms with Gasteiger partial charge in [0.05, 0.1) is 0 Å². The Bertz CT molecular complexity index is 702. The molecule has 0 saturated heterocycles. The van der Waals surface area contributed by atoms with Crippen LogP contribution in [0.15, 0.2) is 36.4 Å². The second kappa shape index (κ2) is 4.80. The summed E-state index contributed by atoms with van der Waals surface area (Å²) in [6, 6.07) is 9.43. The van der Waals surface area contributed by atoms with E-state index in [2.05, 4.69) is 0 Å². The van der Waals surface area contributed by atoms with Crippen LogP contribution in [0.1, 0.15) is 21.5 Å². The maximum absolute atomic E-state index is 13.3. The van der Waals surface area contributed by atoms with Crippen molar-refractivity contribution < 1.29 is 9.18 Å². The first-order valence-electron chi connectivity index (χ1n) is 6.16. The van der Waals surface area contributed by atoms with E-state index in [1.807, 2.05) is 6.07 Å². The number of fused-ring (bicyclic) bond motifs is 1. The Morgan fingerprint density at radius 1 is 1.25 bits per heavy atom. The average Bonchev–Trinajstić information content (AvgIpc) is 2.71. The van der Waals surface area contributed by atoms with Gasteiger partial charge in [0.2, 0.25) is 0 Å². The molecule has 102 valence electrons. The van der Waals surface area contributed by atoms with Crippen LogP contribution in [0.25, 0.3) is 0 Å². The van der Waals surface area contributed by atoms with Gasteiger partial charge in [0, 0.05) is 29.4 Å². The summed E-state index contributed by atoms with van der Waals surface area (Å²) in [5, 5.41) is 0.453. The number of anilines is 1. The van der Waals surface area contributed by atoms with Crippen LogP contribution in [0.5, 0.6) is 0 Å². The van der Waals surface area contributed by atoms with Crippen molar-refractivity contribution in [1.29, 1.82) is 0 Å². The number of benzene rings is 2. The number of nitrogens with two attached hydrogens (primary N) is 1. The molecule has 3 rings (SSSR count). The predicted molar refractivity (Wildman–Crippen MR) is 75.8 cm³/mol. The first-order chi connectivity index (χ1) is 9.54. The summed E-state index contributed by atoms with van der Waals surface area (Å²) in [7, 11) is 0. The molecule has 0 aromatic heterocycles. The highest BCUT2D eigenvalue weighted by Gasteiger charge is 2.27. The van der Waals surface area contributed by atoms with Gasteiger partial charge in [-0.15, -0.1) is 0 Å². The highest BCUT2D eigenvalue weighted by molar-refractivity contribution is 6.31. The summed E-state index contributed by atoms with van der Waals surface area (Å²) in [5.74, 6) is -0.467. The van der Waals surface area contributed by atoms with E-state index in [0.29, 0.717) is 28.4 Å². The minimum absolute atomic E-state index is 0.104. The number of rotatable bonds is 2. The first-order valence-corrected chi connectivity index (χ1v) is 6.54. The van der Waals surface area contributed by atoms with Crippen LogP contribution in [0, 0.1) is 5.82 Å². The standard InChI is InChI=1S/C15H12ClFN2O/c16-14-4-2-11(17)5-10(14)8-19-7-9-1-3-12(18)6-13(9)15(19)20/h1-6H,7-8,18H2. The maximum atomic E-state index is 13.3. The number of hydrogen-bond acceptors (Lipinski definition) is 2. The molecule has 1 amide bonds. The lowest BCUT2D eigenvalue weighted by Gasteiger charge is -2.16. The largest absolute Gasteiger partial charge is 0.399 e. The van der Waals surface area contributed by atoms with Crippen LogP contribution in [-0.4, -0.2) is 10.8 Å². The highest BCUT2D eigenvalue weighted by atomic mass is 35.5. The Labute approximate surface area is 120 Å². The normalized spacial score (nSPS) is 13.7. The van der Waals surface area contributed by atoms with Crippen molar-refractivity contribution in [3.63, 3.8) is 0 Å². The van der Waals surface area contributed by atoms with Crippen LogP contribution in [0.3, 0.4) is 0 Å². The minimum Gasteiger partial charge on any atom is -0.399 e. The number of nitrogen functional groups attached to an aromatic ring is 1. The summed E-state index contributed by atoms with van der Waals surface area (Å²) >= 11 is 6.03. The molecule has 0 aliphatic carbocycles. The second-order valence-corrected chi connectivity index (χ2v) is 5.22. The van der Waals surface area contributed by atoms with Crippen LogP contribution in [-0.2, 0) is 13.1 Å². The number of carbonyl (C=O) groups excluding carboxylic acids is 1. The SMILES string of the molecule is Nc1ccc2c(c1)C(=O)N(Cc1cc(F)ccc1Cl)C2. The zero-order chi connectivity index (χ0) is 14.3. The number of carbonyl (C=O) groups is 1. The van der Waals surface area contributed by atoms with E-state index >= 15 is 0 Å². The van der Waals surface area contributed by atoms with Gasteiger partial charge in [-0.2, -0.15) is 0 Å². The summed E-state index contributed by atoms with van der Waals surface area (Å²) in [5.41, 5.74) is 8.39. The third kappa shape index (κ3) is 2.23. The summed E-state index contributed by atoms with van der Waals surface area (Å²) in [4.78, 5) is 13.9. The van der Waals surface area contributed by atoms with Gasteiger partial charge in [-0.1, -0.05) is 17.7 Å². The third-order valence-corrected chi connectivity index (χ3v) is 3.75. The van der Waals surface area contributed by atoms with Crippen molar-refractivity contribution >= 4 is 23.2 Å². The smallest absolute Gasteiger partial charge is 0.254 e. The topological polar surface area (TPSA) is 46.3 Å². The Hall–Kier alpha value is -2.07. The lowest BCUT2D eigenvalue weighted by atomic mass is 10.1. The fraction of sp³-hybridized carbons (Fsp3) is 0.133. The van der Waals surface area contributed by atoms with E-state index in [1.165, 1.54) is 18.2 Å². The van der Waals surface area contributed by atoms with Gasteiger partial charge in [-0.3, -0.25) is 4.79 Å². The zero-order valence-corrected chi connectivity index (χ0v) is 11.3. The molecule has 1 aliphatic rings. The lowest BCUT2D eigenvalue weighted by Crippen LogP contribution is -2.23. The fourth-order valence-electron chi connectivity index (χ4n) is 2.38. The van der Waals surface area contributed by atoms with Gasteiger partial charge in [0.15, 0.2) is 0 Å². The molecular formula is C15H12ClFN2O. The van der Waals surface area contributed by atoms with E-state index in [-0.39, 0.29) is 18.3 Å². The molecule has 0 unspecified atom stereocenters. The van der Waals surface area contributed by atoms with Gasteiger partial charge in [-0.25, -0.2) is 4.39 Å². The average molecular weight is 291 g/mol. The number of amides is 1. The molecule has 3 nitrogen and oxygen atoms in total. The predicted octanol–water partition coefficient (Wildman–Crippen LogP) is 3.22. The van der Waals surface area contributed by atoms with Crippen molar-refractivity contribution in [2.24, 2.45) is 0 Å². The minimum atomic E-state index is -0.363. The van der Waals surface area contributed by atoms with Crippen molar-refractivity contribution in [2.75, 3.05) is 5.73 Å². The number of hydrogen-bond donors (Lipinski definition) is 1. The van der Waals surface area contributed by atoms with Gasteiger partial charge in [0.1, 0.15) is 5.82 Å².